The Labute approximate surface area is 160 Å². The number of hydrogen-bond acceptors (Lipinski definition) is 8. The number of carbonyl (C=O) groups excluding carboxylic acids is 1. The number of hydrogen-bond donors (Lipinski definition) is 2. The fourth-order valence-electron chi connectivity index (χ4n) is 2.58. The summed E-state index contributed by atoms with van der Waals surface area (Å²) in [6.45, 7) is 6.41. The molecule has 144 valence electrons. The summed E-state index contributed by atoms with van der Waals surface area (Å²) < 4.78 is 6.26. The topological polar surface area (TPSA) is 115 Å². The number of aryl methyl sites for hydroxylation is 1. The summed E-state index contributed by atoms with van der Waals surface area (Å²) in [5, 5.41) is 10.2. The lowest BCUT2D eigenvalue weighted by molar-refractivity contribution is -0.115. The van der Waals surface area contributed by atoms with Crippen LogP contribution in [0.5, 0.6) is 0 Å². The first-order chi connectivity index (χ1) is 13.0. The van der Waals surface area contributed by atoms with E-state index < -0.39 is 10.8 Å². The number of rotatable bonds is 5. The molecule has 2 aromatic rings. The summed E-state index contributed by atoms with van der Waals surface area (Å²) in [5.41, 5.74) is 1.57. The molecule has 0 spiro atoms. The van der Waals surface area contributed by atoms with Gasteiger partial charge in [-0.15, -0.1) is 10.2 Å². The molecule has 1 fully saturated rings. The van der Waals surface area contributed by atoms with Crippen molar-refractivity contribution >= 4 is 29.0 Å². The lowest BCUT2D eigenvalue weighted by Crippen LogP contribution is -2.36. The number of amides is 1. The summed E-state index contributed by atoms with van der Waals surface area (Å²) in [6.07, 6.45) is 0. The minimum absolute atomic E-state index is 0.191. The lowest BCUT2D eigenvalue weighted by atomic mass is 10.2. The Balaban J connectivity index is 1.61. The SMILES string of the molecule is Cc1nnc(S[C@@H](C)C(=O)Nc2ccc(N3CCOCC3)cc2)n(N)c1=O. The van der Waals surface area contributed by atoms with Crippen LogP contribution in [-0.4, -0.2) is 52.3 Å². The molecule has 0 aliphatic carbocycles. The summed E-state index contributed by atoms with van der Waals surface area (Å²) in [5.74, 6) is 5.49. The second-order valence-electron chi connectivity index (χ2n) is 6.14. The van der Waals surface area contributed by atoms with E-state index in [1.54, 1.807) is 6.92 Å². The van der Waals surface area contributed by atoms with Gasteiger partial charge in [-0.2, -0.15) is 4.68 Å². The van der Waals surface area contributed by atoms with Gasteiger partial charge in [-0.05, 0) is 38.1 Å². The van der Waals surface area contributed by atoms with Crippen molar-refractivity contribution in [3.63, 3.8) is 0 Å². The molecule has 1 aromatic carbocycles. The number of carbonyl (C=O) groups is 1. The highest BCUT2D eigenvalue weighted by Gasteiger charge is 2.19. The van der Waals surface area contributed by atoms with Crippen molar-refractivity contribution in [2.75, 3.05) is 42.4 Å². The zero-order chi connectivity index (χ0) is 19.4. The molecule has 3 N–H and O–H groups in total. The second kappa shape index (κ2) is 8.40. The lowest BCUT2D eigenvalue weighted by Gasteiger charge is -2.28. The Morgan fingerprint density at radius 2 is 1.93 bits per heavy atom. The molecule has 1 aliphatic heterocycles. The van der Waals surface area contributed by atoms with Crippen LogP contribution in [0.4, 0.5) is 11.4 Å². The number of nitrogen functional groups attached to an aromatic ring is 1. The van der Waals surface area contributed by atoms with E-state index in [9.17, 15) is 9.59 Å². The van der Waals surface area contributed by atoms with E-state index in [2.05, 4.69) is 20.4 Å². The fraction of sp³-hybridized carbons (Fsp3) is 0.412. The van der Waals surface area contributed by atoms with Crippen molar-refractivity contribution in [3.8, 4) is 0 Å². The van der Waals surface area contributed by atoms with Crippen molar-refractivity contribution in [2.24, 2.45) is 0 Å². The quantitative estimate of drug-likeness (QED) is 0.564. The third-order valence-corrected chi connectivity index (χ3v) is 5.24. The van der Waals surface area contributed by atoms with Crippen LogP contribution in [0.15, 0.2) is 34.2 Å². The average Bonchev–Trinajstić information content (AvgIpc) is 2.69. The number of ether oxygens (including phenoxy) is 1. The molecule has 27 heavy (non-hydrogen) atoms. The zero-order valence-electron chi connectivity index (χ0n) is 15.2. The highest BCUT2D eigenvalue weighted by atomic mass is 32.2. The zero-order valence-corrected chi connectivity index (χ0v) is 16.0. The van der Waals surface area contributed by atoms with Crippen LogP contribution in [0.2, 0.25) is 0 Å². The minimum Gasteiger partial charge on any atom is -0.378 e. The number of morpholine rings is 1. The molecule has 1 aromatic heterocycles. The van der Waals surface area contributed by atoms with Gasteiger partial charge in [-0.1, -0.05) is 11.8 Å². The van der Waals surface area contributed by atoms with Crippen LogP contribution in [0.1, 0.15) is 12.6 Å². The van der Waals surface area contributed by atoms with Gasteiger partial charge in [0.05, 0.1) is 18.5 Å². The molecule has 0 radical (unpaired) electrons. The number of nitrogens with zero attached hydrogens (tertiary/aromatic N) is 4. The van der Waals surface area contributed by atoms with E-state index in [0.29, 0.717) is 5.69 Å². The first kappa shape index (κ1) is 19.2. The van der Waals surface area contributed by atoms with Crippen LogP contribution in [0.3, 0.4) is 0 Å². The largest absolute Gasteiger partial charge is 0.378 e. The molecule has 10 heteroatoms. The van der Waals surface area contributed by atoms with Gasteiger partial charge in [0.2, 0.25) is 11.1 Å². The molecule has 0 bridgehead atoms. The predicted molar refractivity (Wildman–Crippen MR) is 105 cm³/mol. The summed E-state index contributed by atoms with van der Waals surface area (Å²) in [6, 6.07) is 7.68. The number of nitrogens with one attached hydrogen (secondary N) is 1. The van der Waals surface area contributed by atoms with E-state index in [1.807, 2.05) is 24.3 Å². The molecule has 3 rings (SSSR count). The Morgan fingerprint density at radius 1 is 1.26 bits per heavy atom. The van der Waals surface area contributed by atoms with Gasteiger partial charge in [0.15, 0.2) is 0 Å². The number of nitrogens with two attached hydrogens (primary N) is 1. The van der Waals surface area contributed by atoms with Gasteiger partial charge < -0.3 is 20.8 Å². The molecule has 1 amide bonds. The maximum atomic E-state index is 12.4. The normalized spacial score (nSPS) is 15.4. The van der Waals surface area contributed by atoms with Gasteiger partial charge in [-0.25, -0.2) is 0 Å². The minimum atomic E-state index is -0.505. The van der Waals surface area contributed by atoms with E-state index in [0.717, 1.165) is 48.4 Å². The van der Waals surface area contributed by atoms with Gasteiger partial charge in [0, 0.05) is 24.5 Å². The summed E-state index contributed by atoms with van der Waals surface area (Å²) in [4.78, 5) is 26.5. The third-order valence-electron chi connectivity index (χ3n) is 4.18. The standard InChI is InChI=1S/C17H22N6O3S/c1-11-16(25)23(18)17(21-20-11)27-12(2)15(24)19-13-3-5-14(6-4-13)22-7-9-26-10-8-22/h3-6,12H,7-10,18H2,1-2H3,(H,19,24)/t12-/m0/s1. The van der Waals surface area contributed by atoms with Gasteiger partial charge in [0.25, 0.3) is 5.56 Å². The second-order valence-corrected chi connectivity index (χ2v) is 7.45. The van der Waals surface area contributed by atoms with Gasteiger partial charge in [-0.3, -0.25) is 9.59 Å². The number of anilines is 2. The monoisotopic (exact) mass is 390 g/mol. The Hall–Kier alpha value is -2.59. The molecule has 1 aliphatic rings. The Kier molecular flexibility index (Phi) is 5.97. The summed E-state index contributed by atoms with van der Waals surface area (Å²) in [7, 11) is 0. The van der Waals surface area contributed by atoms with Gasteiger partial charge in [0.1, 0.15) is 5.69 Å². The van der Waals surface area contributed by atoms with Crippen molar-refractivity contribution in [1.29, 1.82) is 0 Å². The third kappa shape index (κ3) is 4.58. The van der Waals surface area contributed by atoms with Crippen LogP contribution < -0.4 is 21.6 Å². The van der Waals surface area contributed by atoms with Crippen LogP contribution in [0.25, 0.3) is 0 Å². The summed E-state index contributed by atoms with van der Waals surface area (Å²) >= 11 is 1.08. The van der Waals surface area contributed by atoms with E-state index in [1.165, 1.54) is 6.92 Å². The average molecular weight is 390 g/mol. The molecule has 0 saturated carbocycles. The van der Waals surface area contributed by atoms with Gasteiger partial charge >= 0.3 is 0 Å². The highest BCUT2D eigenvalue weighted by Crippen LogP contribution is 2.22. The first-order valence-corrected chi connectivity index (χ1v) is 9.45. The van der Waals surface area contributed by atoms with Crippen LogP contribution >= 0.6 is 11.8 Å². The van der Waals surface area contributed by atoms with E-state index >= 15 is 0 Å². The molecular weight excluding hydrogens is 368 g/mol. The van der Waals surface area contributed by atoms with Crippen molar-refractivity contribution in [3.05, 3.63) is 40.3 Å². The number of aromatic nitrogens is 3. The fourth-order valence-corrected chi connectivity index (χ4v) is 3.35. The maximum Gasteiger partial charge on any atom is 0.294 e. The van der Waals surface area contributed by atoms with Crippen LogP contribution in [-0.2, 0) is 9.53 Å². The molecule has 9 nitrogen and oxygen atoms in total. The van der Waals surface area contributed by atoms with Crippen molar-refractivity contribution in [1.82, 2.24) is 14.9 Å². The molecule has 1 atom stereocenters. The first-order valence-electron chi connectivity index (χ1n) is 8.57. The molecular formula is C17H22N6O3S. The van der Waals surface area contributed by atoms with Crippen LogP contribution in [0, 0.1) is 6.92 Å². The van der Waals surface area contributed by atoms with Crippen molar-refractivity contribution in [2.45, 2.75) is 24.3 Å². The molecule has 1 saturated heterocycles. The molecule has 2 heterocycles. The van der Waals surface area contributed by atoms with E-state index in [-0.39, 0.29) is 16.8 Å². The van der Waals surface area contributed by atoms with E-state index in [4.69, 9.17) is 10.6 Å². The smallest absolute Gasteiger partial charge is 0.294 e. The predicted octanol–water partition coefficient (Wildman–Crippen LogP) is 0.616. The maximum absolute atomic E-state index is 12.4. The molecule has 0 unspecified atom stereocenters. The van der Waals surface area contributed by atoms with Crippen molar-refractivity contribution < 1.29 is 9.53 Å². The Bertz CT molecular complexity index is 864. The Morgan fingerprint density at radius 3 is 2.59 bits per heavy atom. The number of benzene rings is 1. The number of thioether (sulfide) groups is 1. The highest BCUT2D eigenvalue weighted by molar-refractivity contribution is 8.00.